The molecule has 1 aromatic heterocycles. The van der Waals surface area contributed by atoms with E-state index in [-0.39, 0.29) is 5.91 Å². The van der Waals surface area contributed by atoms with Gasteiger partial charge in [0.05, 0.1) is 0 Å². The Morgan fingerprint density at radius 3 is 2.39 bits per heavy atom. The molecule has 0 saturated carbocycles. The molecule has 1 amide bonds. The van der Waals surface area contributed by atoms with E-state index in [0.29, 0.717) is 0 Å². The van der Waals surface area contributed by atoms with E-state index in [1.165, 1.54) is 36.6 Å². The molecule has 1 aliphatic heterocycles. The van der Waals surface area contributed by atoms with Crippen LogP contribution in [0.1, 0.15) is 23.2 Å². The number of hydrogen-bond acceptors (Lipinski definition) is 4. The highest BCUT2D eigenvalue weighted by Crippen LogP contribution is 2.34. The van der Waals surface area contributed by atoms with Crippen LogP contribution < -0.4 is 10.2 Å². The molecule has 1 N–H and O–H groups in total. The zero-order valence-corrected chi connectivity index (χ0v) is 21.3. The van der Waals surface area contributed by atoms with E-state index >= 15 is 0 Å². The Hall–Kier alpha value is -3.41. The maximum atomic E-state index is 12.8. The lowest BCUT2D eigenvalue weighted by molar-refractivity contribution is 0.0952. The summed E-state index contributed by atoms with van der Waals surface area (Å²) in [5, 5.41) is 8.18. The number of piperazine rings is 1. The van der Waals surface area contributed by atoms with Crippen molar-refractivity contribution in [3.05, 3.63) is 90.5 Å². The summed E-state index contributed by atoms with van der Waals surface area (Å²) in [6, 6.07) is 29.7. The average Bonchev–Trinajstić information content (AvgIpc) is 3.31. The van der Waals surface area contributed by atoms with Crippen molar-refractivity contribution in [2.75, 3.05) is 44.2 Å². The first-order valence-electron chi connectivity index (χ1n) is 12.9. The molecule has 0 bridgehead atoms. The second-order valence-electron chi connectivity index (χ2n) is 9.60. The Labute approximate surface area is 216 Å². The highest BCUT2D eigenvalue weighted by Gasteiger charge is 2.18. The maximum Gasteiger partial charge on any atom is 0.251 e. The topological polar surface area (TPSA) is 35.6 Å². The molecular formula is C31H31N3OS. The number of rotatable bonds is 7. The van der Waals surface area contributed by atoms with Crippen LogP contribution in [0.15, 0.2) is 84.9 Å². The van der Waals surface area contributed by atoms with Crippen LogP contribution in [0.25, 0.3) is 30.9 Å². The fraction of sp³-hybridized carbons (Fsp3) is 0.258. The van der Waals surface area contributed by atoms with E-state index in [0.717, 1.165) is 57.7 Å². The Morgan fingerprint density at radius 2 is 1.50 bits per heavy atom. The number of thiophene rings is 1. The van der Waals surface area contributed by atoms with Crippen LogP contribution in [0.3, 0.4) is 0 Å². The molecule has 1 saturated heterocycles. The molecule has 1 fully saturated rings. The molecule has 4 nitrogen and oxygen atoms in total. The van der Waals surface area contributed by atoms with Crippen molar-refractivity contribution in [2.24, 2.45) is 0 Å². The fourth-order valence-corrected chi connectivity index (χ4v) is 6.41. The number of unbranched alkanes of at least 4 members (excludes halogenated alkanes) is 1. The van der Waals surface area contributed by atoms with Gasteiger partial charge in [0.2, 0.25) is 0 Å². The second-order valence-corrected chi connectivity index (χ2v) is 10.7. The van der Waals surface area contributed by atoms with Gasteiger partial charge in [-0.1, -0.05) is 54.6 Å². The number of amides is 1. The van der Waals surface area contributed by atoms with E-state index < -0.39 is 0 Å². The molecule has 4 aromatic carbocycles. The van der Waals surface area contributed by atoms with Gasteiger partial charge in [-0.25, -0.2) is 0 Å². The smallest absolute Gasteiger partial charge is 0.251 e. The lowest BCUT2D eigenvalue weighted by Crippen LogP contribution is -2.46. The van der Waals surface area contributed by atoms with Crippen molar-refractivity contribution in [3.63, 3.8) is 0 Å². The first-order chi connectivity index (χ1) is 17.8. The number of carbonyl (C=O) groups is 1. The highest BCUT2D eigenvalue weighted by atomic mass is 32.1. The third-order valence-corrected chi connectivity index (χ3v) is 8.46. The van der Waals surface area contributed by atoms with Gasteiger partial charge >= 0.3 is 0 Å². The molecule has 0 atom stereocenters. The summed E-state index contributed by atoms with van der Waals surface area (Å²) < 4.78 is 2.50. The lowest BCUT2D eigenvalue weighted by Gasteiger charge is -2.36. The number of nitrogens with one attached hydrogen (secondary N) is 1. The van der Waals surface area contributed by atoms with Crippen molar-refractivity contribution in [3.8, 4) is 0 Å². The third kappa shape index (κ3) is 4.69. The molecule has 0 unspecified atom stereocenters. The number of nitrogens with zero attached hydrogens (tertiary/aromatic N) is 2. The quantitative estimate of drug-likeness (QED) is 0.262. The van der Waals surface area contributed by atoms with Crippen molar-refractivity contribution < 1.29 is 4.79 Å². The first-order valence-corrected chi connectivity index (χ1v) is 13.7. The normalized spacial score (nSPS) is 14.6. The van der Waals surface area contributed by atoms with E-state index in [9.17, 15) is 4.79 Å². The molecule has 5 aromatic rings. The molecule has 0 spiro atoms. The number of benzene rings is 4. The largest absolute Gasteiger partial charge is 0.368 e. The van der Waals surface area contributed by atoms with Crippen LogP contribution in [-0.2, 0) is 0 Å². The molecule has 36 heavy (non-hydrogen) atoms. The molecular weight excluding hydrogens is 462 g/mol. The first kappa shape index (κ1) is 23.0. The minimum absolute atomic E-state index is 0.0240. The van der Waals surface area contributed by atoms with Gasteiger partial charge in [-0.15, -0.1) is 11.3 Å². The summed E-state index contributed by atoms with van der Waals surface area (Å²) in [7, 11) is 0. The van der Waals surface area contributed by atoms with Gasteiger partial charge in [0.1, 0.15) is 0 Å². The van der Waals surface area contributed by atoms with E-state index in [1.807, 2.05) is 12.1 Å². The predicted molar refractivity (Wildman–Crippen MR) is 153 cm³/mol. The van der Waals surface area contributed by atoms with Gasteiger partial charge in [0, 0.05) is 69.5 Å². The molecule has 5 heteroatoms. The summed E-state index contributed by atoms with van der Waals surface area (Å²) in [6.07, 6.45) is 2.10. The van der Waals surface area contributed by atoms with Crippen molar-refractivity contribution in [1.29, 1.82) is 0 Å². The number of anilines is 1. The van der Waals surface area contributed by atoms with Crippen LogP contribution in [0.4, 0.5) is 5.69 Å². The van der Waals surface area contributed by atoms with Gasteiger partial charge in [0.15, 0.2) is 0 Å². The average molecular weight is 494 g/mol. The molecule has 2 heterocycles. The minimum Gasteiger partial charge on any atom is -0.368 e. The number of fused-ring (bicyclic) bond motifs is 4. The SMILES string of the molecule is O=C(NCCCCN1CCN(c2cccc3ccccc23)CC1)c1ccc2sc3ccccc3c2c1. The van der Waals surface area contributed by atoms with Crippen LogP contribution in [0.2, 0.25) is 0 Å². The summed E-state index contributed by atoms with van der Waals surface area (Å²) in [5.74, 6) is 0.0240. The zero-order chi connectivity index (χ0) is 24.3. The highest BCUT2D eigenvalue weighted by molar-refractivity contribution is 7.25. The van der Waals surface area contributed by atoms with Crippen molar-refractivity contribution >= 4 is 53.9 Å². The van der Waals surface area contributed by atoms with Crippen LogP contribution in [0.5, 0.6) is 0 Å². The molecule has 182 valence electrons. The molecule has 0 aliphatic carbocycles. The monoisotopic (exact) mass is 493 g/mol. The minimum atomic E-state index is 0.0240. The summed E-state index contributed by atoms with van der Waals surface area (Å²) in [5.41, 5.74) is 2.10. The van der Waals surface area contributed by atoms with Crippen LogP contribution in [-0.4, -0.2) is 50.1 Å². The Morgan fingerprint density at radius 1 is 0.750 bits per heavy atom. The van der Waals surface area contributed by atoms with Gasteiger partial charge in [-0.3, -0.25) is 9.69 Å². The summed E-state index contributed by atoms with van der Waals surface area (Å²) >= 11 is 1.78. The van der Waals surface area contributed by atoms with Gasteiger partial charge in [-0.2, -0.15) is 0 Å². The maximum absolute atomic E-state index is 12.8. The van der Waals surface area contributed by atoms with Crippen LogP contribution >= 0.6 is 11.3 Å². The van der Waals surface area contributed by atoms with E-state index in [1.54, 1.807) is 11.3 Å². The van der Waals surface area contributed by atoms with Crippen molar-refractivity contribution in [2.45, 2.75) is 12.8 Å². The molecule has 0 radical (unpaired) electrons. The van der Waals surface area contributed by atoms with E-state index in [4.69, 9.17) is 0 Å². The standard InChI is InChI=1S/C31H31N3OS/c35-31(24-14-15-30-27(22-24)26-11-3-4-13-29(26)36-30)32-16-5-6-17-33-18-20-34(21-19-33)28-12-7-9-23-8-1-2-10-25(23)28/h1-4,7-15,22H,5-6,16-21H2,(H,32,35). The fourth-order valence-electron chi connectivity index (χ4n) is 5.33. The number of carbonyl (C=O) groups excluding carboxylic acids is 1. The lowest BCUT2D eigenvalue weighted by atomic mass is 10.1. The summed E-state index contributed by atoms with van der Waals surface area (Å²) in [4.78, 5) is 17.8. The summed E-state index contributed by atoms with van der Waals surface area (Å²) in [6.45, 7) is 6.10. The van der Waals surface area contributed by atoms with Crippen molar-refractivity contribution in [1.82, 2.24) is 10.2 Å². The number of hydrogen-bond donors (Lipinski definition) is 1. The second kappa shape index (κ2) is 10.3. The van der Waals surface area contributed by atoms with E-state index in [2.05, 4.69) is 87.9 Å². The molecule has 6 rings (SSSR count). The van der Waals surface area contributed by atoms with Gasteiger partial charge < -0.3 is 10.2 Å². The Balaban J connectivity index is 0.962. The third-order valence-electron chi connectivity index (χ3n) is 7.31. The molecule has 1 aliphatic rings. The zero-order valence-electron chi connectivity index (χ0n) is 20.5. The van der Waals surface area contributed by atoms with Gasteiger partial charge in [-0.05, 0) is 55.1 Å². The van der Waals surface area contributed by atoms with Gasteiger partial charge in [0.25, 0.3) is 5.91 Å². The Bertz CT molecular complexity index is 1510. The Kier molecular flexibility index (Phi) is 6.58. The predicted octanol–water partition coefficient (Wildman–Crippen LogP) is 6.54. The van der Waals surface area contributed by atoms with Crippen LogP contribution in [0, 0.1) is 0 Å².